The molecule has 0 saturated heterocycles. The van der Waals surface area contributed by atoms with Gasteiger partial charge in [0.15, 0.2) is 5.58 Å². The van der Waals surface area contributed by atoms with Gasteiger partial charge in [0.25, 0.3) is 0 Å². The first-order valence-corrected chi connectivity index (χ1v) is 6.42. The summed E-state index contributed by atoms with van der Waals surface area (Å²) in [5.74, 6) is 0.403. The molecule has 0 fully saturated rings. The van der Waals surface area contributed by atoms with Crippen molar-refractivity contribution in [1.29, 1.82) is 10.5 Å². The number of allylic oxidation sites excluding steroid dienone is 1. The van der Waals surface area contributed by atoms with Gasteiger partial charge >= 0.3 is 0 Å². The lowest BCUT2D eigenvalue weighted by Gasteiger charge is -1.97. The first kappa shape index (κ1) is 13.4. The summed E-state index contributed by atoms with van der Waals surface area (Å²) in [6.45, 7) is 0. The van der Waals surface area contributed by atoms with E-state index in [4.69, 9.17) is 14.9 Å². The fraction of sp³-hybridized carbons (Fsp3) is 0. The maximum absolute atomic E-state index is 9.84. The predicted molar refractivity (Wildman–Crippen MR) is 80.3 cm³/mol. The number of rotatable bonds is 2. The maximum atomic E-state index is 9.84. The van der Waals surface area contributed by atoms with E-state index >= 15 is 0 Å². The second kappa shape index (κ2) is 5.43. The fourth-order valence-corrected chi connectivity index (χ4v) is 2.06. The smallest absolute Gasteiger partial charge is 0.231 e. The molecular formula is C17H9N3O2. The van der Waals surface area contributed by atoms with Gasteiger partial charge in [-0.05, 0) is 35.9 Å². The van der Waals surface area contributed by atoms with E-state index in [0.717, 1.165) is 0 Å². The summed E-state index contributed by atoms with van der Waals surface area (Å²) >= 11 is 0. The first-order chi connectivity index (χ1) is 10.7. The number of oxazole rings is 1. The molecule has 0 aliphatic heterocycles. The molecule has 1 heterocycles. The van der Waals surface area contributed by atoms with Crippen LogP contribution in [0.15, 0.2) is 52.5 Å². The molecule has 5 nitrogen and oxygen atoms in total. The molecule has 22 heavy (non-hydrogen) atoms. The molecule has 0 unspecified atom stereocenters. The van der Waals surface area contributed by atoms with Gasteiger partial charge in [-0.2, -0.15) is 10.5 Å². The average molecular weight is 287 g/mol. The zero-order chi connectivity index (χ0) is 15.5. The van der Waals surface area contributed by atoms with Crippen molar-refractivity contribution in [2.75, 3.05) is 0 Å². The number of nitrogens with zero attached hydrogens (tertiary/aromatic N) is 3. The Morgan fingerprint density at radius 2 is 1.91 bits per heavy atom. The molecule has 3 rings (SSSR count). The van der Waals surface area contributed by atoms with Crippen LogP contribution in [0, 0.1) is 22.7 Å². The summed E-state index contributed by atoms with van der Waals surface area (Å²) in [5, 5.41) is 27.4. The average Bonchev–Trinajstić information content (AvgIpc) is 2.96. The van der Waals surface area contributed by atoms with Gasteiger partial charge in [0.2, 0.25) is 5.89 Å². The molecule has 0 atom stereocenters. The van der Waals surface area contributed by atoms with Crippen molar-refractivity contribution < 1.29 is 9.52 Å². The maximum Gasteiger partial charge on any atom is 0.231 e. The van der Waals surface area contributed by atoms with E-state index in [1.165, 1.54) is 6.08 Å². The Labute approximate surface area is 126 Å². The van der Waals surface area contributed by atoms with Gasteiger partial charge < -0.3 is 9.52 Å². The van der Waals surface area contributed by atoms with Crippen LogP contribution in [-0.2, 0) is 0 Å². The second-order valence-electron chi connectivity index (χ2n) is 4.54. The van der Waals surface area contributed by atoms with E-state index < -0.39 is 0 Å². The largest absolute Gasteiger partial charge is 0.507 e. The van der Waals surface area contributed by atoms with Gasteiger partial charge in [-0.3, -0.25) is 0 Å². The third-order valence-electron chi connectivity index (χ3n) is 3.10. The summed E-state index contributed by atoms with van der Waals surface area (Å²) in [4.78, 5) is 4.33. The number of nitriles is 2. The number of benzene rings is 2. The van der Waals surface area contributed by atoms with Crippen LogP contribution in [0.3, 0.4) is 0 Å². The normalized spacial score (nSPS) is 9.91. The summed E-state index contributed by atoms with van der Waals surface area (Å²) in [6.07, 6.45) is 1.47. The monoisotopic (exact) mass is 287 g/mol. The highest BCUT2D eigenvalue weighted by atomic mass is 16.3. The Hall–Kier alpha value is -3.57. The Bertz CT molecular complexity index is 955. The van der Waals surface area contributed by atoms with E-state index in [2.05, 4.69) is 4.98 Å². The number of aromatic nitrogens is 1. The lowest BCUT2D eigenvalue weighted by molar-refractivity contribution is 0.474. The minimum absolute atomic E-state index is 0.0137. The highest BCUT2D eigenvalue weighted by molar-refractivity contribution is 5.80. The molecule has 3 aromatic rings. The van der Waals surface area contributed by atoms with Crippen LogP contribution in [0.4, 0.5) is 0 Å². The van der Waals surface area contributed by atoms with Crippen molar-refractivity contribution >= 4 is 17.2 Å². The lowest BCUT2D eigenvalue weighted by Crippen LogP contribution is -1.77. The molecule has 0 bridgehead atoms. The van der Waals surface area contributed by atoms with Gasteiger partial charge in [-0.25, -0.2) is 4.98 Å². The van der Waals surface area contributed by atoms with Gasteiger partial charge in [0, 0.05) is 0 Å². The SMILES string of the molecule is N#CC(C#N)=Cc1ccc2nc(-c3ccccc3O)oc2c1. The summed E-state index contributed by atoms with van der Waals surface area (Å²) in [6, 6.07) is 15.6. The van der Waals surface area contributed by atoms with Gasteiger partial charge in [-0.15, -0.1) is 0 Å². The molecule has 0 saturated carbocycles. The minimum Gasteiger partial charge on any atom is -0.507 e. The van der Waals surface area contributed by atoms with Crippen molar-refractivity contribution in [3.8, 4) is 29.3 Å². The second-order valence-corrected chi connectivity index (χ2v) is 4.54. The highest BCUT2D eigenvalue weighted by Gasteiger charge is 2.11. The predicted octanol–water partition coefficient (Wildman–Crippen LogP) is 3.63. The number of phenols is 1. The fourth-order valence-electron chi connectivity index (χ4n) is 2.06. The Morgan fingerprint density at radius 3 is 2.64 bits per heavy atom. The van der Waals surface area contributed by atoms with Crippen LogP contribution in [0.2, 0.25) is 0 Å². The molecule has 5 heteroatoms. The first-order valence-electron chi connectivity index (χ1n) is 6.42. The van der Waals surface area contributed by atoms with Crippen LogP contribution < -0.4 is 0 Å². The molecule has 0 radical (unpaired) electrons. The van der Waals surface area contributed by atoms with E-state index in [-0.39, 0.29) is 11.3 Å². The van der Waals surface area contributed by atoms with Crippen molar-refractivity contribution in [2.45, 2.75) is 0 Å². The van der Waals surface area contributed by atoms with E-state index in [1.54, 1.807) is 42.5 Å². The molecule has 1 aromatic heterocycles. The Kier molecular flexibility index (Phi) is 3.31. The highest BCUT2D eigenvalue weighted by Crippen LogP contribution is 2.31. The lowest BCUT2D eigenvalue weighted by atomic mass is 10.1. The van der Waals surface area contributed by atoms with Crippen LogP contribution in [0.25, 0.3) is 28.6 Å². The van der Waals surface area contributed by atoms with Crippen LogP contribution in [0.1, 0.15) is 5.56 Å². The number of hydrogen-bond donors (Lipinski definition) is 1. The Morgan fingerprint density at radius 1 is 1.14 bits per heavy atom. The standard InChI is InChI=1S/C17H9N3O2/c18-9-12(10-19)7-11-5-6-14-16(8-11)22-17(20-14)13-3-1-2-4-15(13)21/h1-8,21H. The Balaban J connectivity index is 2.09. The number of fused-ring (bicyclic) bond motifs is 1. The van der Waals surface area contributed by atoms with E-state index in [1.807, 2.05) is 12.1 Å². The third-order valence-corrected chi connectivity index (χ3v) is 3.10. The van der Waals surface area contributed by atoms with Crippen molar-refractivity contribution in [3.05, 3.63) is 53.6 Å². The molecule has 0 amide bonds. The molecule has 0 aliphatic carbocycles. The van der Waals surface area contributed by atoms with Gasteiger partial charge in [0.1, 0.15) is 29.0 Å². The minimum atomic E-state index is 0.0137. The zero-order valence-corrected chi connectivity index (χ0v) is 11.3. The van der Waals surface area contributed by atoms with Crippen LogP contribution >= 0.6 is 0 Å². The summed E-state index contributed by atoms with van der Waals surface area (Å²) in [7, 11) is 0. The quantitative estimate of drug-likeness (QED) is 0.726. The third kappa shape index (κ3) is 2.39. The number of hydrogen-bond acceptors (Lipinski definition) is 5. The summed E-state index contributed by atoms with van der Waals surface area (Å²) < 4.78 is 5.66. The molecular weight excluding hydrogens is 278 g/mol. The summed E-state index contributed by atoms with van der Waals surface area (Å²) in [5.41, 5.74) is 2.34. The molecule has 0 spiro atoms. The number of aromatic hydroxyl groups is 1. The van der Waals surface area contributed by atoms with Crippen molar-refractivity contribution in [3.63, 3.8) is 0 Å². The van der Waals surface area contributed by atoms with E-state index in [0.29, 0.717) is 28.1 Å². The zero-order valence-electron chi connectivity index (χ0n) is 11.3. The van der Waals surface area contributed by atoms with Crippen LogP contribution in [-0.4, -0.2) is 10.1 Å². The van der Waals surface area contributed by atoms with E-state index in [9.17, 15) is 5.11 Å². The molecule has 0 aliphatic rings. The molecule has 1 N–H and O–H groups in total. The van der Waals surface area contributed by atoms with Crippen molar-refractivity contribution in [2.24, 2.45) is 0 Å². The topological polar surface area (TPSA) is 93.8 Å². The van der Waals surface area contributed by atoms with Crippen LogP contribution in [0.5, 0.6) is 5.75 Å². The van der Waals surface area contributed by atoms with Gasteiger partial charge in [0.05, 0.1) is 5.56 Å². The molecule has 104 valence electrons. The number of para-hydroxylation sites is 1. The number of phenolic OH excluding ortho intramolecular Hbond substituents is 1. The van der Waals surface area contributed by atoms with Crippen molar-refractivity contribution in [1.82, 2.24) is 4.98 Å². The molecule has 2 aromatic carbocycles. The van der Waals surface area contributed by atoms with Gasteiger partial charge in [-0.1, -0.05) is 18.2 Å².